The average molecular weight is 182 g/mol. The van der Waals surface area contributed by atoms with Gasteiger partial charge in [0.05, 0.1) is 12.7 Å². The predicted molar refractivity (Wildman–Crippen MR) is 40.8 cm³/mol. The Labute approximate surface area is 73.3 Å². The number of carbonyl (C=O) groups excluding carboxylic acids is 2. The lowest BCUT2D eigenvalue weighted by molar-refractivity contribution is -0.134. The number of hydrogen-bond donors (Lipinski definition) is 1. The molecule has 0 aromatic rings. The normalized spacial score (nSPS) is 16.4. The van der Waals surface area contributed by atoms with E-state index in [1.165, 1.54) is 7.11 Å². The van der Waals surface area contributed by atoms with Crippen molar-refractivity contribution in [1.29, 1.82) is 0 Å². The van der Waals surface area contributed by atoms with E-state index in [1.54, 1.807) is 0 Å². The third-order valence-electron chi connectivity index (χ3n) is 1.49. The molecule has 13 heavy (non-hydrogen) atoms. The zero-order valence-corrected chi connectivity index (χ0v) is 6.73. The minimum absolute atomic E-state index is 0.245. The molecular weight excluding hydrogens is 176 g/mol. The number of carboxylic acid groups (broad SMARTS) is 1. The Bertz CT molecular complexity index is 348. The summed E-state index contributed by atoms with van der Waals surface area (Å²) in [6.45, 7) is 0. The Kier molecular flexibility index (Phi) is 2.27. The first kappa shape index (κ1) is 9.18. The molecule has 0 aliphatic heterocycles. The first-order valence-corrected chi connectivity index (χ1v) is 3.35. The Hall–Kier alpha value is -1.91. The molecule has 0 bridgehead atoms. The third kappa shape index (κ3) is 1.64. The van der Waals surface area contributed by atoms with Crippen molar-refractivity contribution in [3.63, 3.8) is 0 Å². The highest BCUT2D eigenvalue weighted by Crippen LogP contribution is 2.12. The van der Waals surface area contributed by atoms with Crippen molar-refractivity contribution < 1.29 is 24.2 Å². The van der Waals surface area contributed by atoms with Crippen LogP contribution in [0.3, 0.4) is 0 Å². The molecule has 0 radical (unpaired) electrons. The Morgan fingerprint density at radius 2 is 2.00 bits per heavy atom. The van der Waals surface area contributed by atoms with Gasteiger partial charge >= 0.3 is 5.97 Å². The van der Waals surface area contributed by atoms with Gasteiger partial charge in [0.2, 0.25) is 5.78 Å². The van der Waals surface area contributed by atoms with Crippen LogP contribution in [0.4, 0.5) is 0 Å². The molecule has 0 saturated heterocycles. The summed E-state index contributed by atoms with van der Waals surface area (Å²) in [5.41, 5.74) is -0.249. The lowest BCUT2D eigenvalue weighted by Gasteiger charge is -2.07. The molecule has 0 heterocycles. The lowest BCUT2D eigenvalue weighted by Crippen LogP contribution is -2.21. The summed E-state index contributed by atoms with van der Waals surface area (Å²) in [5, 5.41) is 8.52. The molecule has 5 nitrogen and oxygen atoms in total. The van der Waals surface area contributed by atoms with E-state index in [1.807, 2.05) is 0 Å². The fourth-order valence-corrected chi connectivity index (χ4v) is 0.852. The number of ether oxygens (including phenoxy) is 1. The van der Waals surface area contributed by atoms with Crippen LogP contribution in [0, 0.1) is 0 Å². The van der Waals surface area contributed by atoms with Gasteiger partial charge in [-0.2, -0.15) is 0 Å². The highest BCUT2D eigenvalue weighted by molar-refractivity contribution is 6.48. The highest BCUT2D eigenvalue weighted by atomic mass is 16.5. The molecule has 0 fully saturated rings. The first-order valence-electron chi connectivity index (χ1n) is 3.35. The van der Waals surface area contributed by atoms with E-state index >= 15 is 0 Å². The second-order valence-electron chi connectivity index (χ2n) is 2.31. The van der Waals surface area contributed by atoms with E-state index < -0.39 is 17.5 Å². The van der Waals surface area contributed by atoms with Crippen molar-refractivity contribution in [2.75, 3.05) is 7.11 Å². The van der Waals surface area contributed by atoms with Crippen molar-refractivity contribution in [1.82, 2.24) is 0 Å². The number of ketones is 2. The second kappa shape index (κ2) is 3.22. The molecule has 1 aliphatic rings. The van der Waals surface area contributed by atoms with Gasteiger partial charge in [-0.3, -0.25) is 9.59 Å². The van der Waals surface area contributed by atoms with Gasteiger partial charge in [-0.25, -0.2) is 4.79 Å². The van der Waals surface area contributed by atoms with Crippen molar-refractivity contribution in [3.05, 3.63) is 23.5 Å². The molecule has 0 amide bonds. The maximum absolute atomic E-state index is 10.9. The number of hydrogen-bond acceptors (Lipinski definition) is 4. The summed E-state index contributed by atoms with van der Waals surface area (Å²) in [4.78, 5) is 32.2. The average Bonchev–Trinajstić information content (AvgIpc) is 2.09. The first-order chi connectivity index (χ1) is 6.06. The molecule has 0 saturated carbocycles. The maximum atomic E-state index is 10.9. The zero-order valence-electron chi connectivity index (χ0n) is 6.73. The summed E-state index contributed by atoms with van der Waals surface area (Å²) in [7, 11) is 1.20. The summed E-state index contributed by atoms with van der Waals surface area (Å²) in [5.74, 6) is -3.22. The number of methoxy groups -OCH3 is 1. The van der Waals surface area contributed by atoms with Crippen LogP contribution in [0.5, 0.6) is 0 Å². The third-order valence-corrected chi connectivity index (χ3v) is 1.49. The maximum Gasteiger partial charge on any atom is 0.335 e. The van der Waals surface area contributed by atoms with Crippen molar-refractivity contribution in [3.8, 4) is 0 Å². The number of carboxylic acids is 1. The van der Waals surface area contributed by atoms with E-state index in [2.05, 4.69) is 4.74 Å². The van der Waals surface area contributed by atoms with Crippen LogP contribution < -0.4 is 0 Å². The summed E-state index contributed by atoms with van der Waals surface area (Å²) < 4.78 is 4.54. The van der Waals surface area contributed by atoms with Crippen molar-refractivity contribution in [2.24, 2.45) is 0 Å². The van der Waals surface area contributed by atoms with Gasteiger partial charge in [0.25, 0.3) is 5.78 Å². The molecule has 0 aromatic heterocycles. The van der Waals surface area contributed by atoms with Crippen LogP contribution in [-0.4, -0.2) is 29.8 Å². The van der Waals surface area contributed by atoms with E-state index in [0.717, 1.165) is 12.2 Å². The summed E-state index contributed by atoms with van der Waals surface area (Å²) in [6.07, 6.45) is 1.79. The molecule has 1 rings (SSSR count). The smallest absolute Gasteiger partial charge is 0.335 e. The van der Waals surface area contributed by atoms with Crippen molar-refractivity contribution in [2.45, 2.75) is 0 Å². The predicted octanol–water partition coefficient (Wildman–Crippen LogP) is -0.321. The Morgan fingerprint density at radius 3 is 2.46 bits per heavy atom. The minimum Gasteiger partial charge on any atom is -0.492 e. The van der Waals surface area contributed by atoms with Crippen LogP contribution >= 0.6 is 0 Å². The molecule has 1 aliphatic carbocycles. The molecular formula is C8H6O5. The second-order valence-corrected chi connectivity index (χ2v) is 2.31. The molecule has 68 valence electrons. The van der Waals surface area contributed by atoms with Gasteiger partial charge in [0.15, 0.2) is 5.76 Å². The van der Waals surface area contributed by atoms with Crippen LogP contribution in [0.25, 0.3) is 0 Å². The van der Waals surface area contributed by atoms with E-state index in [0.29, 0.717) is 0 Å². The number of carbonyl (C=O) groups is 3. The zero-order chi connectivity index (χ0) is 10.0. The molecule has 0 aromatic carbocycles. The quantitative estimate of drug-likeness (QED) is 0.467. The fraction of sp³-hybridized carbons (Fsp3) is 0.125. The SMILES string of the molecule is COC1=CC(C(=O)O)=CC(=O)C1=O. The van der Waals surface area contributed by atoms with Crippen LogP contribution in [0.2, 0.25) is 0 Å². The van der Waals surface area contributed by atoms with Gasteiger partial charge < -0.3 is 9.84 Å². The standard InChI is InChI=1S/C8H6O5/c1-13-6-3-4(8(11)12)2-5(9)7(6)10/h2-3H,1H3,(H,11,12). The topological polar surface area (TPSA) is 80.7 Å². The molecule has 0 spiro atoms. The van der Waals surface area contributed by atoms with E-state index in [9.17, 15) is 14.4 Å². The van der Waals surface area contributed by atoms with Crippen LogP contribution in [0.15, 0.2) is 23.5 Å². The molecule has 5 heteroatoms. The number of allylic oxidation sites excluding steroid dienone is 2. The highest BCUT2D eigenvalue weighted by Gasteiger charge is 2.25. The van der Waals surface area contributed by atoms with Crippen LogP contribution in [0.1, 0.15) is 0 Å². The van der Waals surface area contributed by atoms with Gasteiger partial charge in [-0.05, 0) is 6.08 Å². The van der Waals surface area contributed by atoms with Gasteiger partial charge in [-0.15, -0.1) is 0 Å². The summed E-state index contributed by atoms with van der Waals surface area (Å²) in [6, 6.07) is 0. The van der Waals surface area contributed by atoms with E-state index in [4.69, 9.17) is 5.11 Å². The largest absolute Gasteiger partial charge is 0.492 e. The van der Waals surface area contributed by atoms with Crippen molar-refractivity contribution >= 4 is 17.5 Å². The van der Waals surface area contributed by atoms with Gasteiger partial charge in [0, 0.05) is 6.08 Å². The monoisotopic (exact) mass is 182 g/mol. The lowest BCUT2D eigenvalue weighted by atomic mass is 10.0. The molecule has 1 N–H and O–H groups in total. The molecule has 0 atom stereocenters. The number of Topliss-reactive ketones (excluding diaryl/α,β-unsaturated/α-hetero) is 1. The summed E-state index contributed by atoms with van der Waals surface area (Å²) >= 11 is 0. The Balaban J connectivity index is 3.11. The number of rotatable bonds is 2. The minimum atomic E-state index is -1.27. The van der Waals surface area contributed by atoms with E-state index in [-0.39, 0.29) is 11.3 Å². The van der Waals surface area contributed by atoms with Crippen LogP contribution in [-0.2, 0) is 19.1 Å². The number of aliphatic carboxylic acids is 1. The molecule has 0 unspecified atom stereocenters. The van der Waals surface area contributed by atoms with Gasteiger partial charge in [0.1, 0.15) is 0 Å². The fourth-order valence-electron chi connectivity index (χ4n) is 0.852. The van der Waals surface area contributed by atoms with Gasteiger partial charge in [-0.1, -0.05) is 0 Å². The Morgan fingerprint density at radius 1 is 1.38 bits per heavy atom.